The number of carbonyl (C=O) groups is 2. The predicted molar refractivity (Wildman–Crippen MR) is 50.0 cm³/mol. The molecule has 2 nitrogen and oxygen atoms in total. The third kappa shape index (κ3) is 3.23. The van der Waals surface area contributed by atoms with E-state index in [2.05, 4.69) is 0 Å². The smallest absolute Gasteiger partial charge is 0.299 e. The topological polar surface area (TPSA) is 34.1 Å². The zero-order valence-corrected chi connectivity index (χ0v) is 9.87. The predicted octanol–water partition coefficient (Wildman–Crippen LogP) is 3.10. The molecule has 0 aromatic rings. The van der Waals surface area contributed by atoms with Gasteiger partial charge in [0.2, 0.25) is 5.78 Å². The Hall–Kier alpha value is -1.08. The highest BCUT2D eigenvalue weighted by Gasteiger charge is 2.67. The molecule has 0 saturated heterocycles. The van der Waals surface area contributed by atoms with E-state index in [1.165, 1.54) is 20.8 Å². The lowest BCUT2D eigenvalue weighted by atomic mass is 9.86. The summed E-state index contributed by atoms with van der Waals surface area (Å²) < 4.78 is 74.2. The van der Waals surface area contributed by atoms with Gasteiger partial charge in [0.1, 0.15) is 5.78 Å². The molecule has 0 unspecified atom stereocenters. The maximum absolute atomic E-state index is 12.9. The standard InChI is InChI=1S/C10H12F6O2/c1-8(2,3)5(17)4-6(18)9(13,14)10(15,16)7(11)12/h7H,4H2,1-3H3. The Balaban J connectivity index is 5.06. The molecule has 0 atom stereocenters. The number of carbonyl (C=O) groups excluding carboxylic acids is 2. The molecule has 0 aliphatic carbocycles. The average molecular weight is 278 g/mol. The van der Waals surface area contributed by atoms with Crippen molar-refractivity contribution >= 4 is 11.6 Å². The summed E-state index contributed by atoms with van der Waals surface area (Å²) in [5.41, 5.74) is -1.20. The molecule has 0 bridgehead atoms. The number of ketones is 2. The van der Waals surface area contributed by atoms with Gasteiger partial charge in [-0.3, -0.25) is 9.59 Å². The van der Waals surface area contributed by atoms with Gasteiger partial charge in [-0.1, -0.05) is 20.8 Å². The second-order valence-corrected chi connectivity index (χ2v) is 4.77. The molecule has 18 heavy (non-hydrogen) atoms. The van der Waals surface area contributed by atoms with Crippen molar-refractivity contribution in [1.82, 2.24) is 0 Å². The van der Waals surface area contributed by atoms with Crippen LogP contribution in [0.3, 0.4) is 0 Å². The van der Waals surface area contributed by atoms with Crippen LogP contribution in [0.2, 0.25) is 0 Å². The van der Waals surface area contributed by atoms with Crippen LogP contribution in [0.1, 0.15) is 27.2 Å². The summed E-state index contributed by atoms with van der Waals surface area (Å²) in [7, 11) is 0. The molecule has 0 amide bonds. The van der Waals surface area contributed by atoms with Crippen LogP contribution in [0.15, 0.2) is 0 Å². The van der Waals surface area contributed by atoms with E-state index in [1.807, 2.05) is 0 Å². The maximum atomic E-state index is 12.9. The van der Waals surface area contributed by atoms with Gasteiger partial charge in [0.15, 0.2) is 0 Å². The molecule has 0 aliphatic rings. The fourth-order valence-corrected chi connectivity index (χ4v) is 0.845. The van der Waals surface area contributed by atoms with Crippen molar-refractivity contribution in [2.24, 2.45) is 5.41 Å². The first-order valence-corrected chi connectivity index (χ1v) is 4.85. The van der Waals surface area contributed by atoms with Crippen molar-refractivity contribution in [2.75, 3.05) is 0 Å². The molecule has 0 fully saturated rings. The summed E-state index contributed by atoms with van der Waals surface area (Å²) in [6.45, 7) is 3.85. The third-order valence-corrected chi connectivity index (χ3v) is 2.20. The molecule has 0 aliphatic heterocycles. The summed E-state index contributed by atoms with van der Waals surface area (Å²) in [5.74, 6) is -14.9. The van der Waals surface area contributed by atoms with Crippen molar-refractivity contribution < 1.29 is 35.9 Å². The van der Waals surface area contributed by atoms with E-state index in [-0.39, 0.29) is 0 Å². The number of halogens is 6. The van der Waals surface area contributed by atoms with E-state index in [0.29, 0.717) is 0 Å². The Kier molecular flexibility index (Phi) is 4.60. The van der Waals surface area contributed by atoms with Crippen molar-refractivity contribution in [3.63, 3.8) is 0 Å². The van der Waals surface area contributed by atoms with Crippen LogP contribution in [0.5, 0.6) is 0 Å². The van der Waals surface area contributed by atoms with Gasteiger partial charge in [0.05, 0.1) is 6.42 Å². The molecule has 0 spiro atoms. The van der Waals surface area contributed by atoms with Gasteiger partial charge in [0, 0.05) is 5.41 Å². The highest BCUT2D eigenvalue weighted by Crippen LogP contribution is 2.40. The van der Waals surface area contributed by atoms with E-state index >= 15 is 0 Å². The van der Waals surface area contributed by atoms with E-state index in [0.717, 1.165) is 0 Å². The first-order chi connectivity index (χ1) is 7.74. The van der Waals surface area contributed by atoms with Crippen LogP contribution in [-0.2, 0) is 9.59 Å². The van der Waals surface area contributed by atoms with Crippen LogP contribution < -0.4 is 0 Å². The van der Waals surface area contributed by atoms with Crippen LogP contribution in [-0.4, -0.2) is 29.8 Å². The highest BCUT2D eigenvalue weighted by atomic mass is 19.3. The molecule has 0 aromatic heterocycles. The van der Waals surface area contributed by atoms with Gasteiger partial charge in [-0.15, -0.1) is 0 Å². The number of rotatable bonds is 5. The van der Waals surface area contributed by atoms with Crippen LogP contribution in [0, 0.1) is 5.41 Å². The van der Waals surface area contributed by atoms with E-state index in [9.17, 15) is 35.9 Å². The number of hydrogen-bond donors (Lipinski definition) is 0. The molecule has 0 N–H and O–H groups in total. The summed E-state index contributed by atoms with van der Waals surface area (Å²) in [6, 6.07) is 0. The lowest BCUT2D eigenvalue weighted by molar-refractivity contribution is -0.253. The third-order valence-electron chi connectivity index (χ3n) is 2.20. The zero-order chi connectivity index (χ0) is 14.9. The van der Waals surface area contributed by atoms with Gasteiger partial charge < -0.3 is 0 Å². The van der Waals surface area contributed by atoms with E-state index in [4.69, 9.17) is 0 Å². The lowest BCUT2D eigenvalue weighted by Crippen LogP contribution is -2.52. The number of hydrogen-bond acceptors (Lipinski definition) is 2. The minimum Gasteiger partial charge on any atom is -0.299 e. The largest absolute Gasteiger partial charge is 0.376 e. The molecular formula is C10H12F6O2. The average Bonchev–Trinajstić information content (AvgIpc) is 2.15. The minimum atomic E-state index is -5.79. The summed E-state index contributed by atoms with van der Waals surface area (Å²) in [6.07, 6.45) is -6.21. The zero-order valence-electron chi connectivity index (χ0n) is 9.87. The molecule has 0 saturated carbocycles. The molecule has 106 valence electrons. The van der Waals surface area contributed by atoms with Crippen LogP contribution in [0.25, 0.3) is 0 Å². The second kappa shape index (κ2) is 4.89. The minimum absolute atomic E-state index is 1.03. The van der Waals surface area contributed by atoms with Gasteiger partial charge in [-0.2, -0.15) is 17.6 Å². The lowest BCUT2D eigenvalue weighted by Gasteiger charge is -2.25. The van der Waals surface area contributed by atoms with Crippen molar-refractivity contribution in [3.8, 4) is 0 Å². The van der Waals surface area contributed by atoms with E-state index in [1.54, 1.807) is 0 Å². The van der Waals surface area contributed by atoms with Gasteiger partial charge in [-0.05, 0) is 0 Å². The van der Waals surface area contributed by atoms with Crippen LogP contribution >= 0.6 is 0 Å². The van der Waals surface area contributed by atoms with Crippen molar-refractivity contribution in [3.05, 3.63) is 0 Å². The Morgan fingerprint density at radius 3 is 1.61 bits per heavy atom. The highest BCUT2D eigenvalue weighted by molar-refractivity contribution is 6.04. The fraction of sp³-hybridized carbons (Fsp3) is 0.800. The summed E-state index contributed by atoms with van der Waals surface area (Å²) in [5, 5.41) is 0. The second-order valence-electron chi connectivity index (χ2n) is 4.77. The van der Waals surface area contributed by atoms with Gasteiger partial charge in [-0.25, -0.2) is 8.78 Å². The Bertz CT molecular complexity index is 343. The molecule has 0 radical (unpaired) electrons. The first-order valence-electron chi connectivity index (χ1n) is 4.85. The number of alkyl halides is 6. The first kappa shape index (κ1) is 16.9. The Labute approximate surface area is 99.3 Å². The quantitative estimate of drug-likeness (QED) is 0.572. The normalized spacial score (nSPS) is 13.9. The summed E-state index contributed by atoms with van der Waals surface area (Å²) >= 11 is 0. The van der Waals surface area contributed by atoms with E-state index < -0.39 is 41.7 Å². The maximum Gasteiger partial charge on any atom is 0.376 e. The Morgan fingerprint density at radius 1 is 0.944 bits per heavy atom. The van der Waals surface area contributed by atoms with Gasteiger partial charge >= 0.3 is 18.3 Å². The van der Waals surface area contributed by atoms with Crippen molar-refractivity contribution in [1.29, 1.82) is 0 Å². The Morgan fingerprint density at radius 2 is 1.33 bits per heavy atom. The SMILES string of the molecule is CC(C)(C)C(=O)CC(=O)C(F)(F)C(F)(F)C(F)F. The molecular weight excluding hydrogens is 266 g/mol. The van der Waals surface area contributed by atoms with Gasteiger partial charge in [0.25, 0.3) is 0 Å². The number of Topliss-reactive ketones (excluding diaryl/α,β-unsaturated/α-hetero) is 2. The summed E-state index contributed by atoms with van der Waals surface area (Å²) in [4.78, 5) is 22.1. The molecule has 8 heteroatoms. The fourth-order valence-electron chi connectivity index (χ4n) is 0.845. The molecule has 0 heterocycles. The van der Waals surface area contributed by atoms with Crippen LogP contribution in [0.4, 0.5) is 26.3 Å². The molecule has 0 rings (SSSR count). The molecule has 0 aromatic carbocycles. The monoisotopic (exact) mass is 278 g/mol. The van der Waals surface area contributed by atoms with Crippen molar-refractivity contribution in [2.45, 2.75) is 45.5 Å².